The third kappa shape index (κ3) is 4.47. The van der Waals surface area contributed by atoms with Gasteiger partial charge in [0, 0.05) is 73.4 Å². The van der Waals surface area contributed by atoms with E-state index in [-0.39, 0.29) is 69.6 Å². The highest BCUT2D eigenvalue weighted by Gasteiger charge is 2.20. The normalized spacial score (nSPS) is 13.6. The quantitative estimate of drug-likeness (QED) is 0.184. The average Bonchev–Trinajstić information content (AvgIpc) is 3.95. The van der Waals surface area contributed by atoms with Gasteiger partial charge in [0.2, 0.25) is 0 Å². The third-order valence-corrected chi connectivity index (χ3v) is 11.5. The zero-order valence-electron chi connectivity index (χ0n) is 32.5. The molecule has 0 unspecified atom stereocenters. The maximum absolute atomic E-state index is 9.63. The fourth-order valence-corrected chi connectivity index (χ4v) is 9.25. The summed E-state index contributed by atoms with van der Waals surface area (Å²) in [6.07, 6.45) is 0. The van der Waals surface area contributed by atoms with Gasteiger partial charge in [-0.15, -0.1) is 22.7 Å². The zero-order chi connectivity index (χ0) is 38.7. The van der Waals surface area contributed by atoms with E-state index in [9.17, 15) is 5.48 Å². The number of hydrogen-bond donors (Lipinski definition) is 0. The van der Waals surface area contributed by atoms with Crippen LogP contribution in [0.2, 0.25) is 0 Å². The van der Waals surface area contributed by atoms with Crippen LogP contribution in [-0.4, -0.2) is 15.0 Å². The van der Waals surface area contributed by atoms with Crippen LogP contribution in [0.3, 0.4) is 0 Å². The van der Waals surface area contributed by atoms with E-state index in [1.807, 2.05) is 97.1 Å². The summed E-state index contributed by atoms with van der Waals surface area (Å²) in [7, 11) is 0. The molecule has 11 rings (SSSR count). The standard InChI is InChI=1S/C45H25N3OS2/c1-2-11-26(12-3-1)43-46-44(48-45(47-43)34-18-10-22-39-41(34)33-14-5-7-20-37(33)51-39)27-23-24-28-30-16-8-17-31(42(30)49-35(28)25-27)29-15-9-21-38-40(29)32-13-4-6-19-36(32)50-38/h1-25H/i8D,16D,17D,23D,24D,25D. The number of nitrogens with zero attached hydrogens (tertiary/aromatic N) is 3. The monoisotopic (exact) mass is 693 g/mol. The van der Waals surface area contributed by atoms with E-state index in [4.69, 9.17) is 22.1 Å². The van der Waals surface area contributed by atoms with Crippen molar-refractivity contribution in [1.82, 2.24) is 15.0 Å². The van der Waals surface area contributed by atoms with Crippen LogP contribution < -0.4 is 0 Å². The Morgan fingerprint density at radius 3 is 1.80 bits per heavy atom. The smallest absolute Gasteiger partial charge is 0.164 e. The minimum absolute atomic E-state index is 0.0223. The zero-order valence-corrected chi connectivity index (χ0v) is 28.2. The van der Waals surface area contributed by atoms with Crippen LogP contribution in [-0.2, 0) is 0 Å². The molecule has 0 saturated heterocycles. The summed E-state index contributed by atoms with van der Waals surface area (Å²) in [6, 6.07) is 35.7. The van der Waals surface area contributed by atoms with Crippen molar-refractivity contribution in [3.8, 4) is 45.3 Å². The number of benzene rings is 7. The van der Waals surface area contributed by atoms with E-state index in [1.165, 1.54) is 0 Å². The van der Waals surface area contributed by atoms with Gasteiger partial charge < -0.3 is 4.42 Å². The molecule has 0 aliphatic heterocycles. The molecule has 0 fully saturated rings. The molecule has 0 N–H and O–H groups in total. The van der Waals surface area contributed by atoms with E-state index >= 15 is 0 Å². The van der Waals surface area contributed by atoms with Crippen molar-refractivity contribution >= 4 is 85.0 Å². The molecule has 0 atom stereocenters. The number of furan rings is 1. The number of rotatable bonds is 4. The second-order valence-electron chi connectivity index (χ2n) is 12.2. The maximum Gasteiger partial charge on any atom is 0.164 e. The van der Waals surface area contributed by atoms with Crippen molar-refractivity contribution in [2.24, 2.45) is 0 Å². The molecule has 11 aromatic rings. The molecular formula is C45H25N3OS2. The minimum Gasteiger partial charge on any atom is -0.455 e. The van der Waals surface area contributed by atoms with Gasteiger partial charge in [-0.1, -0.05) is 115 Å². The van der Waals surface area contributed by atoms with Gasteiger partial charge in [-0.3, -0.25) is 0 Å². The van der Waals surface area contributed by atoms with Gasteiger partial charge >= 0.3 is 0 Å². The second-order valence-corrected chi connectivity index (χ2v) is 14.4. The van der Waals surface area contributed by atoms with E-state index in [2.05, 4.69) is 18.2 Å². The lowest BCUT2D eigenvalue weighted by Crippen LogP contribution is -2.00. The minimum atomic E-state index is -0.331. The topological polar surface area (TPSA) is 51.8 Å². The predicted molar refractivity (Wildman–Crippen MR) is 215 cm³/mol. The van der Waals surface area contributed by atoms with Crippen molar-refractivity contribution in [1.29, 1.82) is 0 Å². The van der Waals surface area contributed by atoms with Crippen LogP contribution in [0.1, 0.15) is 8.22 Å². The molecule has 238 valence electrons. The van der Waals surface area contributed by atoms with Crippen LogP contribution in [0.15, 0.2) is 156 Å². The summed E-state index contributed by atoms with van der Waals surface area (Å²) in [4.78, 5) is 14.7. The van der Waals surface area contributed by atoms with Crippen molar-refractivity contribution in [2.75, 3.05) is 0 Å². The van der Waals surface area contributed by atoms with Crippen molar-refractivity contribution < 1.29 is 12.6 Å². The Bertz CT molecular complexity index is 3510. The SMILES string of the molecule is [2H]c1c([2H])c([2H])c2c(oc3c([2H])c(-c4nc(-c5ccccc5)nc(-c5cccc6sc7ccccc7c56)n4)c([2H])c([2H])c32)c1-c1cccc2sc3ccccc3c12. The molecule has 0 aliphatic rings. The molecule has 0 aliphatic carbocycles. The first-order valence-electron chi connectivity index (χ1n) is 19.4. The Morgan fingerprint density at radius 1 is 0.451 bits per heavy atom. The molecule has 6 heteroatoms. The molecule has 4 nitrogen and oxygen atoms in total. The highest BCUT2D eigenvalue weighted by atomic mass is 32.1. The van der Waals surface area contributed by atoms with Gasteiger partial charge in [-0.25, -0.2) is 15.0 Å². The first-order chi connectivity index (χ1) is 27.8. The van der Waals surface area contributed by atoms with Gasteiger partial charge in [0.25, 0.3) is 0 Å². The molecular weight excluding hydrogens is 663 g/mol. The summed E-state index contributed by atoms with van der Waals surface area (Å²) in [5, 5.41) is 4.12. The fraction of sp³-hybridized carbons (Fsp3) is 0. The van der Waals surface area contributed by atoms with E-state index in [0.717, 1.165) is 45.9 Å². The molecule has 0 bridgehead atoms. The molecule has 51 heavy (non-hydrogen) atoms. The first-order valence-corrected chi connectivity index (χ1v) is 18.0. The second kappa shape index (κ2) is 11.2. The van der Waals surface area contributed by atoms with Crippen molar-refractivity contribution in [3.63, 3.8) is 0 Å². The summed E-state index contributed by atoms with van der Waals surface area (Å²) in [6.45, 7) is 0. The summed E-state index contributed by atoms with van der Waals surface area (Å²) < 4.78 is 66.4. The van der Waals surface area contributed by atoms with Crippen molar-refractivity contribution in [3.05, 3.63) is 152 Å². The number of aromatic nitrogens is 3. The summed E-state index contributed by atoms with van der Waals surface area (Å²) in [5.41, 5.74) is 2.49. The van der Waals surface area contributed by atoms with Gasteiger partial charge in [-0.05, 0) is 41.9 Å². The van der Waals surface area contributed by atoms with Crippen LogP contribution in [0.4, 0.5) is 0 Å². The lowest BCUT2D eigenvalue weighted by Gasteiger charge is -2.09. The lowest BCUT2D eigenvalue weighted by molar-refractivity contribution is 0.670. The maximum atomic E-state index is 9.63. The van der Waals surface area contributed by atoms with Gasteiger partial charge in [0.05, 0.1) is 8.22 Å². The van der Waals surface area contributed by atoms with Crippen LogP contribution in [0.25, 0.3) is 108 Å². The first kappa shape index (κ1) is 23.2. The Balaban J connectivity index is 1.21. The fourth-order valence-electron chi connectivity index (χ4n) is 6.99. The highest BCUT2D eigenvalue weighted by molar-refractivity contribution is 7.26. The van der Waals surface area contributed by atoms with E-state index in [1.54, 1.807) is 22.7 Å². The van der Waals surface area contributed by atoms with Gasteiger partial charge in [0.15, 0.2) is 17.5 Å². The Labute approximate surface area is 308 Å². The predicted octanol–water partition coefficient (Wildman–Crippen LogP) is 13.2. The highest BCUT2D eigenvalue weighted by Crippen LogP contribution is 2.44. The largest absolute Gasteiger partial charge is 0.455 e. The number of hydrogen-bond acceptors (Lipinski definition) is 6. The van der Waals surface area contributed by atoms with Gasteiger partial charge in [0.1, 0.15) is 11.2 Å². The van der Waals surface area contributed by atoms with Crippen LogP contribution in [0.5, 0.6) is 0 Å². The molecule has 7 aromatic carbocycles. The summed E-state index contributed by atoms with van der Waals surface area (Å²) >= 11 is 3.30. The van der Waals surface area contributed by atoms with E-state index in [0.29, 0.717) is 28.3 Å². The van der Waals surface area contributed by atoms with Crippen molar-refractivity contribution in [2.45, 2.75) is 0 Å². The van der Waals surface area contributed by atoms with E-state index < -0.39 is 0 Å². The molecule has 0 saturated carbocycles. The third-order valence-electron chi connectivity index (χ3n) is 9.27. The molecule has 0 spiro atoms. The van der Waals surface area contributed by atoms with Crippen LogP contribution >= 0.6 is 22.7 Å². The molecule has 4 aromatic heterocycles. The molecule has 0 radical (unpaired) electrons. The lowest BCUT2D eigenvalue weighted by atomic mass is 9.97. The van der Waals surface area contributed by atoms with Gasteiger partial charge in [-0.2, -0.15) is 0 Å². The number of fused-ring (bicyclic) bond motifs is 9. The Kier molecular flexibility index (Phi) is 5.08. The molecule has 0 amide bonds. The average molecular weight is 694 g/mol. The number of thiophene rings is 2. The Morgan fingerprint density at radius 2 is 1.06 bits per heavy atom. The van der Waals surface area contributed by atoms with Crippen LogP contribution in [0, 0.1) is 0 Å². The summed E-state index contributed by atoms with van der Waals surface area (Å²) in [5.74, 6) is 0.726. The molecule has 4 heterocycles. The Hall–Kier alpha value is -6.21. The number of para-hydroxylation sites is 1.